The van der Waals surface area contributed by atoms with E-state index in [1.807, 2.05) is 10.8 Å². The third kappa shape index (κ3) is 5.97. The van der Waals surface area contributed by atoms with Crippen LogP contribution in [-0.4, -0.2) is 29.1 Å². The Labute approximate surface area is 191 Å². The molecule has 1 aromatic carbocycles. The molecular weight excluding hydrogens is 483 g/mol. The molecule has 0 saturated carbocycles. The van der Waals surface area contributed by atoms with Crippen LogP contribution in [0.25, 0.3) is 11.9 Å². The lowest BCUT2D eigenvalue weighted by molar-refractivity contribution is -0.137. The molecule has 3 aromatic rings. The van der Waals surface area contributed by atoms with Crippen LogP contribution in [0.4, 0.5) is 13.2 Å². The molecule has 13 heteroatoms. The second kappa shape index (κ2) is 9.43. The van der Waals surface area contributed by atoms with E-state index in [0.717, 1.165) is 23.0 Å². The number of amides is 1. The third-order valence-corrected chi connectivity index (χ3v) is 5.63. The zero-order chi connectivity index (χ0) is 24.2. The number of sulfonamides is 1. The Morgan fingerprint density at radius 3 is 2.55 bits per heavy atom. The van der Waals surface area contributed by atoms with Gasteiger partial charge in [-0.15, -0.1) is 0 Å². The largest absolute Gasteiger partial charge is 0.417 e. The summed E-state index contributed by atoms with van der Waals surface area (Å²) in [4.78, 5) is 15.8. The number of halogens is 4. The van der Waals surface area contributed by atoms with Crippen LogP contribution in [0.2, 0.25) is 5.02 Å². The first-order chi connectivity index (χ1) is 15.5. The van der Waals surface area contributed by atoms with Crippen molar-refractivity contribution in [2.45, 2.75) is 11.9 Å². The number of carbonyl (C=O) groups excluding carboxylic acids is 1. The number of hydrogen-bond donors (Lipinski definition) is 1. The van der Waals surface area contributed by atoms with Gasteiger partial charge in [-0.2, -0.15) is 23.5 Å². The summed E-state index contributed by atoms with van der Waals surface area (Å²) < 4.78 is 65.8. The number of nitrogens with zero attached hydrogens (tertiary/aromatic N) is 4. The van der Waals surface area contributed by atoms with E-state index in [2.05, 4.69) is 10.1 Å². The van der Waals surface area contributed by atoms with Crippen LogP contribution in [0.3, 0.4) is 0 Å². The van der Waals surface area contributed by atoms with Gasteiger partial charge in [-0.1, -0.05) is 41.9 Å². The second-order valence-corrected chi connectivity index (χ2v) is 8.67. The van der Waals surface area contributed by atoms with Crippen molar-refractivity contribution in [2.24, 2.45) is 0 Å². The molecule has 3 rings (SSSR count). The Balaban J connectivity index is 1.85. The molecule has 0 fully saturated rings. The van der Waals surface area contributed by atoms with E-state index >= 15 is 0 Å². The fourth-order valence-corrected chi connectivity index (χ4v) is 4.01. The van der Waals surface area contributed by atoms with Crippen molar-refractivity contribution in [1.82, 2.24) is 19.5 Å². The van der Waals surface area contributed by atoms with Gasteiger partial charge >= 0.3 is 6.18 Å². The molecule has 0 aliphatic rings. The van der Waals surface area contributed by atoms with Crippen LogP contribution >= 0.6 is 11.6 Å². The zero-order valence-electron chi connectivity index (χ0n) is 16.4. The SMILES string of the molecule is N#Cc1cnn(-c2ncc(C(F)(F)F)cc2Cl)c1/C=C/C(=O)NS(=O)(=O)Cc1ccccc1. The maximum absolute atomic E-state index is 12.9. The van der Waals surface area contributed by atoms with Crippen molar-refractivity contribution in [3.8, 4) is 11.9 Å². The highest BCUT2D eigenvalue weighted by molar-refractivity contribution is 7.89. The van der Waals surface area contributed by atoms with Gasteiger partial charge in [0.25, 0.3) is 5.91 Å². The number of hydrogen-bond acceptors (Lipinski definition) is 6. The van der Waals surface area contributed by atoms with Gasteiger partial charge in [-0.3, -0.25) is 4.79 Å². The first-order valence-corrected chi connectivity index (χ1v) is 11.0. The van der Waals surface area contributed by atoms with E-state index in [4.69, 9.17) is 11.6 Å². The van der Waals surface area contributed by atoms with Gasteiger partial charge in [-0.05, 0) is 17.7 Å². The topological polar surface area (TPSA) is 118 Å². The lowest BCUT2D eigenvalue weighted by Gasteiger charge is -2.10. The molecule has 0 bridgehead atoms. The van der Waals surface area contributed by atoms with Crippen LogP contribution in [0.1, 0.15) is 22.4 Å². The van der Waals surface area contributed by atoms with Crippen molar-refractivity contribution in [3.05, 3.63) is 82.3 Å². The smallest absolute Gasteiger partial charge is 0.269 e. The quantitative estimate of drug-likeness (QED) is 0.523. The van der Waals surface area contributed by atoms with Crippen LogP contribution < -0.4 is 4.72 Å². The summed E-state index contributed by atoms with van der Waals surface area (Å²) in [6, 6.07) is 10.6. The summed E-state index contributed by atoms with van der Waals surface area (Å²) in [5.74, 6) is -1.66. The van der Waals surface area contributed by atoms with Crippen LogP contribution in [-0.2, 0) is 26.7 Å². The number of nitriles is 1. The first-order valence-electron chi connectivity index (χ1n) is 8.98. The Hall–Kier alpha value is -3.69. The van der Waals surface area contributed by atoms with Gasteiger partial charge in [0, 0.05) is 12.3 Å². The van der Waals surface area contributed by atoms with Gasteiger partial charge in [0.1, 0.15) is 6.07 Å². The summed E-state index contributed by atoms with van der Waals surface area (Å²) in [6.45, 7) is 0. The number of carbonyl (C=O) groups is 1. The normalized spacial score (nSPS) is 12.0. The number of pyridine rings is 1. The first kappa shape index (κ1) is 24.0. The van der Waals surface area contributed by atoms with E-state index in [0.29, 0.717) is 17.8 Å². The molecule has 170 valence electrons. The maximum atomic E-state index is 12.9. The fourth-order valence-electron chi connectivity index (χ4n) is 2.69. The molecule has 0 aliphatic carbocycles. The standard InChI is InChI=1S/C20H13ClF3N5O3S/c21-16-8-15(20(22,23)24)11-26-19(16)29-17(14(9-25)10-27-29)6-7-18(30)28-33(31,32)12-13-4-2-1-3-5-13/h1-8,10-11H,12H2,(H,28,30)/b7-6+. The third-order valence-electron chi connectivity index (χ3n) is 4.12. The van der Waals surface area contributed by atoms with Crippen molar-refractivity contribution < 1.29 is 26.4 Å². The Morgan fingerprint density at radius 2 is 1.94 bits per heavy atom. The lowest BCUT2D eigenvalue weighted by atomic mass is 10.2. The number of benzene rings is 1. The number of rotatable bonds is 6. The predicted molar refractivity (Wildman–Crippen MR) is 112 cm³/mol. The van der Waals surface area contributed by atoms with Crippen LogP contribution in [0.5, 0.6) is 0 Å². The predicted octanol–water partition coefficient (Wildman–Crippen LogP) is 3.47. The summed E-state index contributed by atoms with van der Waals surface area (Å²) in [5.41, 5.74) is -0.704. The van der Waals surface area contributed by atoms with Crippen LogP contribution in [0.15, 0.2) is 54.9 Å². The molecule has 0 saturated heterocycles. The Morgan fingerprint density at radius 1 is 1.24 bits per heavy atom. The molecule has 0 spiro atoms. The molecule has 0 atom stereocenters. The molecule has 33 heavy (non-hydrogen) atoms. The molecule has 0 radical (unpaired) electrons. The highest BCUT2D eigenvalue weighted by Gasteiger charge is 2.32. The zero-order valence-corrected chi connectivity index (χ0v) is 18.0. The summed E-state index contributed by atoms with van der Waals surface area (Å²) >= 11 is 5.93. The summed E-state index contributed by atoms with van der Waals surface area (Å²) in [5, 5.41) is 12.8. The van der Waals surface area contributed by atoms with Crippen LogP contribution in [0, 0.1) is 11.3 Å². The van der Waals surface area contributed by atoms with E-state index in [-0.39, 0.29) is 17.1 Å². The molecule has 2 aromatic heterocycles. The molecule has 0 unspecified atom stereocenters. The monoisotopic (exact) mass is 495 g/mol. The second-order valence-electron chi connectivity index (χ2n) is 6.54. The molecule has 0 aliphatic heterocycles. The number of alkyl halides is 3. The van der Waals surface area contributed by atoms with Gasteiger partial charge < -0.3 is 0 Å². The number of nitrogens with one attached hydrogen (secondary N) is 1. The Bertz CT molecular complexity index is 1360. The molecule has 1 N–H and O–H groups in total. The highest BCUT2D eigenvalue weighted by atomic mass is 35.5. The van der Waals surface area contributed by atoms with Crippen molar-refractivity contribution in [1.29, 1.82) is 5.26 Å². The van der Waals surface area contributed by atoms with E-state index in [1.165, 1.54) is 0 Å². The maximum Gasteiger partial charge on any atom is 0.417 e. The van der Waals surface area contributed by atoms with E-state index < -0.39 is 38.4 Å². The minimum absolute atomic E-state index is 0.0396. The average Bonchev–Trinajstić information content (AvgIpc) is 3.14. The van der Waals surface area contributed by atoms with Gasteiger partial charge in [-0.25, -0.2) is 22.8 Å². The van der Waals surface area contributed by atoms with Gasteiger partial charge in [0.05, 0.1) is 33.8 Å². The van der Waals surface area contributed by atoms with Crippen molar-refractivity contribution in [3.63, 3.8) is 0 Å². The average molecular weight is 496 g/mol. The molecule has 1 amide bonds. The summed E-state index contributed by atoms with van der Waals surface area (Å²) in [6.07, 6.45) is -1.10. The van der Waals surface area contributed by atoms with E-state index in [1.54, 1.807) is 30.3 Å². The number of aromatic nitrogens is 3. The minimum atomic E-state index is -4.66. The van der Waals surface area contributed by atoms with Gasteiger partial charge in [0.2, 0.25) is 10.0 Å². The molecular formula is C20H13ClF3N5O3S. The lowest BCUT2D eigenvalue weighted by Crippen LogP contribution is -2.30. The fraction of sp³-hybridized carbons (Fsp3) is 0.100. The van der Waals surface area contributed by atoms with Crippen molar-refractivity contribution >= 4 is 33.6 Å². The highest BCUT2D eigenvalue weighted by Crippen LogP contribution is 2.32. The Kier molecular flexibility index (Phi) is 6.85. The van der Waals surface area contributed by atoms with Gasteiger partial charge in [0.15, 0.2) is 5.82 Å². The van der Waals surface area contributed by atoms with Crippen molar-refractivity contribution in [2.75, 3.05) is 0 Å². The van der Waals surface area contributed by atoms with E-state index in [9.17, 15) is 31.6 Å². The minimum Gasteiger partial charge on any atom is -0.269 e. The molecule has 2 heterocycles. The molecule has 8 nitrogen and oxygen atoms in total. The summed E-state index contributed by atoms with van der Waals surface area (Å²) in [7, 11) is -4.01.